The third kappa shape index (κ3) is 14.6. The molecule has 3 nitrogen and oxygen atoms in total. The van der Waals surface area contributed by atoms with Crippen molar-refractivity contribution in [3.8, 4) is 0 Å². The summed E-state index contributed by atoms with van der Waals surface area (Å²) in [5.41, 5.74) is 0. The molecule has 0 heterocycles. The van der Waals surface area contributed by atoms with Gasteiger partial charge in [0.25, 0.3) is 0 Å². The summed E-state index contributed by atoms with van der Waals surface area (Å²) >= 11 is 0. The summed E-state index contributed by atoms with van der Waals surface area (Å²) in [6, 6.07) is 0. The number of aliphatic hydroxyl groups excluding tert-OH is 3. The van der Waals surface area contributed by atoms with Crippen LogP contribution in [0.25, 0.3) is 0 Å². The predicted molar refractivity (Wildman–Crippen MR) is 89.4 cm³/mol. The van der Waals surface area contributed by atoms with Crippen molar-refractivity contribution >= 4 is 0 Å². The Hall–Kier alpha value is -0.120. The first kappa shape index (κ1) is 20.9. The fourth-order valence-corrected chi connectivity index (χ4v) is 2.69. The molecular weight excluding hydrogens is 264 g/mol. The monoisotopic (exact) mass is 302 g/mol. The number of hydrogen-bond donors (Lipinski definition) is 3. The third-order valence-corrected chi connectivity index (χ3v) is 4.21. The summed E-state index contributed by atoms with van der Waals surface area (Å²) in [7, 11) is 0. The van der Waals surface area contributed by atoms with Crippen LogP contribution in [0.4, 0.5) is 0 Å². The van der Waals surface area contributed by atoms with Crippen molar-refractivity contribution in [1.29, 1.82) is 0 Å². The lowest BCUT2D eigenvalue weighted by atomic mass is 9.99. The summed E-state index contributed by atoms with van der Waals surface area (Å²) in [6.07, 6.45) is 14.2. The molecule has 0 aromatic carbocycles. The van der Waals surface area contributed by atoms with Crippen LogP contribution in [0, 0.1) is 0 Å². The molecule has 0 saturated heterocycles. The van der Waals surface area contributed by atoms with Gasteiger partial charge < -0.3 is 15.3 Å². The first-order chi connectivity index (χ1) is 10.2. The van der Waals surface area contributed by atoms with Gasteiger partial charge in [0.05, 0.1) is 12.2 Å². The molecule has 0 aliphatic rings. The van der Waals surface area contributed by atoms with Gasteiger partial charge in [-0.2, -0.15) is 0 Å². The predicted octanol–water partition coefficient (Wildman–Crippen LogP) is 4.18. The molecule has 3 N–H and O–H groups in total. The molecule has 0 saturated carbocycles. The number of hydrogen-bond acceptors (Lipinski definition) is 3. The molecule has 3 heteroatoms. The van der Waals surface area contributed by atoms with Gasteiger partial charge in [0.1, 0.15) is 0 Å². The second-order valence-corrected chi connectivity index (χ2v) is 6.32. The summed E-state index contributed by atoms with van der Waals surface area (Å²) < 4.78 is 0. The van der Waals surface area contributed by atoms with E-state index in [-0.39, 0.29) is 0 Å². The topological polar surface area (TPSA) is 60.7 Å². The molecule has 0 radical (unpaired) electrons. The first-order valence-corrected chi connectivity index (χ1v) is 9.19. The Labute approximate surface area is 131 Å². The summed E-state index contributed by atoms with van der Waals surface area (Å²) in [6.45, 7) is 2.51. The highest BCUT2D eigenvalue weighted by Crippen LogP contribution is 2.15. The van der Waals surface area contributed by atoms with Gasteiger partial charge in [-0.25, -0.2) is 0 Å². The molecular formula is C18H38O3. The molecule has 0 aromatic heterocycles. The van der Waals surface area contributed by atoms with Gasteiger partial charge in [0.15, 0.2) is 0 Å². The van der Waals surface area contributed by atoms with Crippen LogP contribution in [0.3, 0.4) is 0 Å². The molecule has 128 valence electrons. The lowest BCUT2D eigenvalue weighted by Crippen LogP contribution is -2.25. The number of rotatable bonds is 16. The van der Waals surface area contributed by atoms with E-state index < -0.39 is 12.2 Å². The minimum atomic E-state index is -0.543. The molecule has 0 aliphatic heterocycles. The Morgan fingerprint density at radius 1 is 0.571 bits per heavy atom. The van der Waals surface area contributed by atoms with E-state index in [1.54, 1.807) is 0 Å². The quantitative estimate of drug-likeness (QED) is 0.375. The first-order valence-electron chi connectivity index (χ1n) is 9.19. The van der Waals surface area contributed by atoms with Crippen molar-refractivity contribution < 1.29 is 15.3 Å². The van der Waals surface area contributed by atoms with Crippen LogP contribution in [0.1, 0.15) is 96.8 Å². The highest BCUT2D eigenvalue weighted by molar-refractivity contribution is 4.67. The molecule has 2 atom stereocenters. The van der Waals surface area contributed by atoms with Gasteiger partial charge in [0.2, 0.25) is 0 Å². The fraction of sp³-hybridized carbons (Fsp3) is 1.00. The smallest absolute Gasteiger partial charge is 0.0799 e. The van der Waals surface area contributed by atoms with E-state index in [0.29, 0.717) is 6.61 Å². The molecule has 0 aliphatic carbocycles. The summed E-state index contributed by atoms with van der Waals surface area (Å²) in [4.78, 5) is 0. The zero-order valence-corrected chi connectivity index (χ0v) is 14.1. The Morgan fingerprint density at radius 3 is 1.38 bits per heavy atom. The van der Waals surface area contributed by atoms with E-state index >= 15 is 0 Å². The van der Waals surface area contributed by atoms with E-state index in [2.05, 4.69) is 6.92 Å². The van der Waals surface area contributed by atoms with Crippen LogP contribution in [-0.2, 0) is 0 Å². The highest BCUT2D eigenvalue weighted by atomic mass is 16.3. The van der Waals surface area contributed by atoms with Crippen molar-refractivity contribution in [1.82, 2.24) is 0 Å². The van der Waals surface area contributed by atoms with Crippen LogP contribution in [-0.4, -0.2) is 34.1 Å². The van der Waals surface area contributed by atoms with E-state index in [1.807, 2.05) is 0 Å². The number of unbranched alkanes of at least 4 members (excludes halogenated alkanes) is 10. The standard InChI is InChI=1S/C18H38O3/c1-2-3-4-5-8-11-14-17(20)18(21)15-12-9-6-7-10-13-16-19/h17-21H,2-16H2,1H3. The second-order valence-electron chi connectivity index (χ2n) is 6.32. The number of aliphatic hydroxyl groups is 3. The van der Waals surface area contributed by atoms with Gasteiger partial charge >= 0.3 is 0 Å². The lowest BCUT2D eigenvalue weighted by molar-refractivity contribution is 0.00711. The van der Waals surface area contributed by atoms with Gasteiger partial charge in [-0.15, -0.1) is 0 Å². The summed E-state index contributed by atoms with van der Waals surface area (Å²) in [5.74, 6) is 0. The maximum Gasteiger partial charge on any atom is 0.0799 e. The molecule has 0 rings (SSSR count). The van der Waals surface area contributed by atoms with Gasteiger partial charge in [-0.1, -0.05) is 77.6 Å². The van der Waals surface area contributed by atoms with Crippen LogP contribution in [0.5, 0.6) is 0 Å². The molecule has 0 fully saturated rings. The average molecular weight is 302 g/mol. The molecule has 21 heavy (non-hydrogen) atoms. The Kier molecular flexibility index (Phi) is 16.2. The molecule has 2 unspecified atom stereocenters. The van der Waals surface area contributed by atoms with Crippen molar-refractivity contribution in [2.75, 3.05) is 6.61 Å². The van der Waals surface area contributed by atoms with Gasteiger partial charge in [-0.3, -0.25) is 0 Å². The Balaban J connectivity index is 3.34. The molecule has 0 spiro atoms. The Bertz CT molecular complexity index is 197. The largest absolute Gasteiger partial charge is 0.396 e. The van der Waals surface area contributed by atoms with E-state index in [0.717, 1.165) is 51.4 Å². The highest BCUT2D eigenvalue weighted by Gasteiger charge is 2.14. The van der Waals surface area contributed by atoms with Crippen molar-refractivity contribution in [3.05, 3.63) is 0 Å². The van der Waals surface area contributed by atoms with Gasteiger partial charge in [-0.05, 0) is 19.3 Å². The molecule has 0 aromatic rings. The molecule has 0 bridgehead atoms. The zero-order chi connectivity index (χ0) is 15.8. The zero-order valence-electron chi connectivity index (χ0n) is 14.1. The minimum Gasteiger partial charge on any atom is -0.396 e. The van der Waals surface area contributed by atoms with Crippen molar-refractivity contribution in [3.63, 3.8) is 0 Å². The van der Waals surface area contributed by atoms with Crippen LogP contribution >= 0.6 is 0 Å². The van der Waals surface area contributed by atoms with Crippen molar-refractivity contribution in [2.24, 2.45) is 0 Å². The average Bonchev–Trinajstić information content (AvgIpc) is 2.49. The normalized spacial score (nSPS) is 14.3. The van der Waals surface area contributed by atoms with E-state index in [1.165, 1.54) is 38.5 Å². The maximum atomic E-state index is 9.92. The van der Waals surface area contributed by atoms with Crippen LogP contribution in [0.15, 0.2) is 0 Å². The Morgan fingerprint density at radius 2 is 0.952 bits per heavy atom. The van der Waals surface area contributed by atoms with Crippen LogP contribution in [0.2, 0.25) is 0 Å². The minimum absolute atomic E-state index is 0.295. The van der Waals surface area contributed by atoms with Crippen molar-refractivity contribution in [2.45, 2.75) is 109 Å². The maximum absolute atomic E-state index is 9.92. The van der Waals surface area contributed by atoms with E-state index in [4.69, 9.17) is 5.11 Å². The SMILES string of the molecule is CCCCCCCCC(O)C(O)CCCCCCCCO. The van der Waals surface area contributed by atoms with E-state index in [9.17, 15) is 10.2 Å². The fourth-order valence-electron chi connectivity index (χ4n) is 2.69. The third-order valence-electron chi connectivity index (χ3n) is 4.21. The lowest BCUT2D eigenvalue weighted by Gasteiger charge is -2.17. The van der Waals surface area contributed by atoms with Crippen LogP contribution < -0.4 is 0 Å². The summed E-state index contributed by atoms with van der Waals surface area (Å²) in [5, 5.41) is 28.5. The second kappa shape index (κ2) is 16.3. The van der Waals surface area contributed by atoms with Gasteiger partial charge in [0, 0.05) is 6.61 Å². The molecule has 0 amide bonds.